The number of nitrogens with zero attached hydrogens (tertiary/aromatic N) is 1. The molecule has 0 aromatic heterocycles. The molecule has 0 aromatic carbocycles. The molecule has 0 aromatic rings. The number of hydrogen-bond acceptors (Lipinski definition) is 3. The van der Waals surface area contributed by atoms with Crippen LogP contribution in [0.3, 0.4) is 0 Å². The molecule has 1 aliphatic carbocycles. The van der Waals surface area contributed by atoms with Crippen molar-refractivity contribution in [3.63, 3.8) is 0 Å². The van der Waals surface area contributed by atoms with Gasteiger partial charge in [-0.1, -0.05) is 19.3 Å². The van der Waals surface area contributed by atoms with Gasteiger partial charge in [-0.05, 0) is 12.8 Å². The molecule has 3 N–H and O–H groups in total. The van der Waals surface area contributed by atoms with Crippen molar-refractivity contribution in [1.82, 2.24) is 10.2 Å². The topological polar surface area (TPSA) is 58.4 Å². The third-order valence-corrected chi connectivity index (χ3v) is 4.08. The van der Waals surface area contributed by atoms with E-state index in [2.05, 4.69) is 10.2 Å². The Labute approximate surface area is 122 Å². The largest absolute Gasteiger partial charge is 0.370 e. The van der Waals surface area contributed by atoms with Crippen LogP contribution in [0.2, 0.25) is 0 Å². The number of piperazine rings is 1. The summed E-state index contributed by atoms with van der Waals surface area (Å²) < 4.78 is 0. The van der Waals surface area contributed by atoms with Crippen LogP contribution >= 0.6 is 24.8 Å². The van der Waals surface area contributed by atoms with Gasteiger partial charge in [0.15, 0.2) is 0 Å². The third kappa shape index (κ3) is 4.26. The number of hydrogen-bond donors (Lipinski definition) is 2. The van der Waals surface area contributed by atoms with Crippen LogP contribution in [-0.2, 0) is 4.79 Å². The SMILES string of the molecule is Cl.Cl.NC(=O)CC1(N2CCNCC2)CCCCC1. The van der Waals surface area contributed by atoms with Crippen LogP contribution in [0.1, 0.15) is 38.5 Å². The second-order valence-corrected chi connectivity index (χ2v) is 5.17. The van der Waals surface area contributed by atoms with Crippen molar-refractivity contribution in [2.24, 2.45) is 5.73 Å². The van der Waals surface area contributed by atoms with Gasteiger partial charge in [-0.2, -0.15) is 0 Å². The maximum absolute atomic E-state index is 11.3. The zero-order valence-corrected chi connectivity index (χ0v) is 12.5. The van der Waals surface area contributed by atoms with Crippen LogP contribution in [0.15, 0.2) is 0 Å². The molecule has 4 nitrogen and oxygen atoms in total. The number of nitrogens with two attached hydrogens (primary N) is 1. The summed E-state index contributed by atoms with van der Waals surface area (Å²) in [6, 6.07) is 0. The minimum atomic E-state index is -0.138. The molecule has 1 saturated carbocycles. The molecule has 1 aliphatic heterocycles. The van der Waals surface area contributed by atoms with Gasteiger partial charge in [-0.3, -0.25) is 9.69 Å². The zero-order valence-electron chi connectivity index (χ0n) is 10.8. The molecule has 0 bridgehead atoms. The fraction of sp³-hybridized carbons (Fsp3) is 0.917. The van der Waals surface area contributed by atoms with Gasteiger partial charge >= 0.3 is 0 Å². The van der Waals surface area contributed by atoms with Crippen LogP contribution in [0.25, 0.3) is 0 Å². The van der Waals surface area contributed by atoms with Crippen molar-refractivity contribution >= 4 is 30.7 Å². The Bertz CT molecular complexity index is 252. The highest BCUT2D eigenvalue weighted by Gasteiger charge is 2.39. The molecule has 0 spiro atoms. The van der Waals surface area contributed by atoms with E-state index in [-0.39, 0.29) is 36.3 Å². The fourth-order valence-corrected chi connectivity index (χ4v) is 3.28. The molecule has 0 unspecified atom stereocenters. The van der Waals surface area contributed by atoms with Crippen molar-refractivity contribution in [2.75, 3.05) is 26.2 Å². The van der Waals surface area contributed by atoms with E-state index in [0.29, 0.717) is 6.42 Å². The summed E-state index contributed by atoms with van der Waals surface area (Å²) in [6.45, 7) is 4.21. The minimum Gasteiger partial charge on any atom is -0.370 e. The molecule has 18 heavy (non-hydrogen) atoms. The van der Waals surface area contributed by atoms with Gasteiger partial charge in [-0.25, -0.2) is 0 Å². The summed E-state index contributed by atoms with van der Waals surface area (Å²) in [5.41, 5.74) is 5.52. The molecule has 0 atom stereocenters. The Kier molecular flexibility index (Phi) is 8.19. The number of carbonyl (C=O) groups excluding carboxylic acids is 1. The lowest BCUT2D eigenvalue weighted by atomic mass is 9.77. The van der Waals surface area contributed by atoms with E-state index in [9.17, 15) is 4.79 Å². The number of halogens is 2. The summed E-state index contributed by atoms with van der Waals surface area (Å²) in [5.74, 6) is -0.138. The first-order chi connectivity index (χ1) is 7.73. The summed E-state index contributed by atoms with van der Waals surface area (Å²) in [4.78, 5) is 13.8. The number of carbonyl (C=O) groups is 1. The Balaban J connectivity index is 0.00000144. The monoisotopic (exact) mass is 297 g/mol. The minimum absolute atomic E-state index is 0. The Hall–Kier alpha value is -0.0300. The first kappa shape index (κ1) is 18.0. The quantitative estimate of drug-likeness (QED) is 0.826. The lowest BCUT2D eigenvalue weighted by Gasteiger charge is -2.47. The van der Waals surface area contributed by atoms with Gasteiger partial charge in [0, 0.05) is 38.1 Å². The van der Waals surface area contributed by atoms with Crippen LogP contribution < -0.4 is 11.1 Å². The van der Waals surface area contributed by atoms with Crippen LogP contribution in [0.4, 0.5) is 0 Å². The van der Waals surface area contributed by atoms with Gasteiger partial charge < -0.3 is 11.1 Å². The lowest BCUT2D eigenvalue weighted by Crippen LogP contribution is -2.58. The van der Waals surface area contributed by atoms with Gasteiger partial charge in [0.25, 0.3) is 0 Å². The summed E-state index contributed by atoms with van der Waals surface area (Å²) >= 11 is 0. The maximum atomic E-state index is 11.3. The Morgan fingerprint density at radius 3 is 2.17 bits per heavy atom. The van der Waals surface area contributed by atoms with Crippen molar-refractivity contribution in [3.05, 3.63) is 0 Å². The average Bonchev–Trinajstić information content (AvgIpc) is 2.30. The van der Waals surface area contributed by atoms with Crippen LogP contribution in [0, 0.1) is 0 Å². The molecule has 1 amide bonds. The summed E-state index contributed by atoms with van der Waals surface area (Å²) in [6.07, 6.45) is 6.65. The van der Waals surface area contributed by atoms with E-state index in [0.717, 1.165) is 39.0 Å². The van der Waals surface area contributed by atoms with Gasteiger partial charge in [0.05, 0.1) is 0 Å². The highest BCUT2D eigenvalue weighted by molar-refractivity contribution is 5.85. The Morgan fingerprint density at radius 2 is 1.67 bits per heavy atom. The molecule has 2 fully saturated rings. The fourth-order valence-electron chi connectivity index (χ4n) is 3.28. The maximum Gasteiger partial charge on any atom is 0.219 e. The smallest absolute Gasteiger partial charge is 0.219 e. The second-order valence-electron chi connectivity index (χ2n) is 5.17. The third-order valence-electron chi connectivity index (χ3n) is 4.08. The van der Waals surface area contributed by atoms with Gasteiger partial charge in [0.1, 0.15) is 0 Å². The highest BCUT2D eigenvalue weighted by Crippen LogP contribution is 2.36. The van der Waals surface area contributed by atoms with Crippen molar-refractivity contribution in [3.8, 4) is 0 Å². The van der Waals surface area contributed by atoms with E-state index < -0.39 is 0 Å². The van der Waals surface area contributed by atoms with E-state index in [1.165, 1.54) is 19.3 Å². The Morgan fingerprint density at radius 1 is 1.11 bits per heavy atom. The normalized spacial score (nSPS) is 23.6. The summed E-state index contributed by atoms with van der Waals surface area (Å²) in [7, 11) is 0. The van der Waals surface area contributed by atoms with Crippen LogP contribution in [-0.4, -0.2) is 42.5 Å². The van der Waals surface area contributed by atoms with Crippen molar-refractivity contribution < 1.29 is 4.79 Å². The predicted octanol–water partition coefficient (Wildman–Crippen LogP) is 1.31. The zero-order chi connectivity index (χ0) is 11.4. The molecule has 6 heteroatoms. The number of primary amides is 1. The number of amides is 1. The number of rotatable bonds is 3. The molecular weight excluding hydrogens is 273 g/mol. The molecule has 0 radical (unpaired) electrons. The molecule has 108 valence electrons. The van der Waals surface area contributed by atoms with E-state index in [1.54, 1.807) is 0 Å². The highest BCUT2D eigenvalue weighted by atomic mass is 35.5. The molecule has 1 heterocycles. The second kappa shape index (κ2) is 8.20. The van der Waals surface area contributed by atoms with Crippen molar-refractivity contribution in [2.45, 2.75) is 44.1 Å². The van der Waals surface area contributed by atoms with Crippen molar-refractivity contribution in [1.29, 1.82) is 0 Å². The van der Waals surface area contributed by atoms with E-state index in [1.807, 2.05) is 0 Å². The van der Waals surface area contributed by atoms with E-state index in [4.69, 9.17) is 5.73 Å². The predicted molar refractivity (Wildman–Crippen MR) is 78.6 cm³/mol. The molecule has 1 saturated heterocycles. The first-order valence-corrected chi connectivity index (χ1v) is 6.47. The molecule has 2 aliphatic rings. The molecule has 2 rings (SSSR count). The number of nitrogens with one attached hydrogen (secondary N) is 1. The summed E-state index contributed by atoms with van der Waals surface area (Å²) in [5, 5.41) is 3.37. The van der Waals surface area contributed by atoms with E-state index >= 15 is 0 Å². The standard InChI is InChI=1S/C12H23N3O.2ClH/c13-11(16)10-12(4-2-1-3-5-12)15-8-6-14-7-9-15;;/h14H,1-10H2,(H2,13,16);2*1H. The van der Waals surface area contributed by atoms with Gasteiger partial charge in [-0.15, -0.1) is 24.8 Å². The lowest BCUT2D eigenvalue weighted by molar-refractivity contribution is -0.122. The average molecular weight is 298 g/mol. The molecular formula is C12H25Cl2N3O. The first-order valence-electron chi connectivity index (χ1n) is 6.47. The van der Waals surface area contributed by atoms with Gasteiger partial charge in [0.2, 0.25) is 5.91 Å². The van der Waals surface area contributed by atoms with Crippen LogP contribution in [0.5, 0.6) is 0 Å².